The molecule has 0 bridgehead atoms. The van der Waals surface area contributed by atoms with Crippen molar-refractivity contribution in [1.82, 2.24) is 25.2 Å². The molecule has 8 nitrogen and oxygen atoms in total. The van der Waals surface area contributed by atoms with Crippen LogP contribution < -0.4 is 16.4 Å². The van der Waals surface area contributed by atoms with Crippen LogP contribution in [0.1, 0.15) is 34.5 Å². The maximum absolute atomic E-state index is 14.3. The largest absolute Gasteiger partial charge is 0.368 e. The van der Waals surface area contributed by atoms with Gasteiger partial charge in [-0.1, -0.05) is 6.07 Å². The van der Waals surface area contributed by atoms with Crippen LogP contribution in [0.3, 0.4) is 0 Å². The first-order chi connectivity index (χ1) is 15.4. The Hall–Kier alpha value is -3.46. The Morgan fingerprint density at radius 3 is 2.78 bits per heavy atom. The molecule has 1 saturated heterocycles. The predicted octanol–water partition coefficient (Wildman–Crippen LogP) is 2.95. The highest BCUT2D eigenvalue weighted by atomic mass is 19.1. The summed E-state index contributed by atoms with van der Waals surface area (Å²) in [5.74, 6) is -0.337. The van der Waals surface area contributed by atoms with Crippen molar-refractivity contribution in [3.05, 3.63) is 53.1 Å². The minimum Gasteiger partial charge on any atom is -0.368 e. The van der Waals surface area contributed by atoms with E-state index < -0.39 is 0 Å². The van der Waals surface area contributed by atoms with Gasteiger partial charge in [-0.2, -0.15) is 0 Å². The van der Waals surface area contributed by atoms with Gasteiger partial charge in [0.15, 0.2) is 0 Å². The Balaban J connectivity index is 1.71. The van der Waals surface area contributed by atoms with Gasteiger partial charge in [0.25, 0.3) is 5.91 Å². The summed E-state index contributed by atoms with van der Waals surface area (Å²) in [5.41, 5.74) is 9.96. The van der Waals surface area contributed by atoms with Gasteiger partial charge in [-0.05, 0) is 58.1 Å². The molecular weight excluding hydrogens is 409 g/mol. The first-order valence-electron chi connectivity index (χ1n) is 10.7. The van der Waals surface area contributed by atoms with Gasteiger partial charge in [-0.3, -0.25) is 4.79 Å². The molecule has 2 aromatic heterocycles. The number of likely N-dealkylation sites (tertiary alicyclic amines) is 1. The topological polar surface area (TPSA) is 112 Å². The van der Waals surface area contributed by atoms with E-state index in [9.17, 15) is 9.18 Å². The average Bonchev–Trinajstić information content (AvgIpc) is 3.17. The van der Waals surface area contributed by atoms with E-state index in [1.165, 1.54) is 6.07 Å². The van der Waals surface area contributed by atoms with Gasteiger partial charge in [0, 0.05) is 35.1 Å². The zero-order chi connectivity index (χ0) is 22.5. The van der Waals surface area contributed by atoms with Gasteiger partial charge in [-0.25, -0.2) is 14.4 Å². The minimum absolute atomic E-state index is 0.140. The van der Waals surface area contributed by atoms with Crippen LogP contribution in [0.15, 0.2) is 30.5 Å². The molecule has 4 heterocycles. The zero-order valence-electron chi connectivity index (χ0n) is 18.1. The summed E-state index contributed by atoms with van der Waals surface area (Å²) in [7, 11) is 2.11. The number of piperidine rings is 1. The number of amides is 1. The second-order valence-corrected chi connectivity index (χ2v) is 8.73. The molecule has 3 aromatic rings. The van der Waals surface area contributed by atoms with Crippen molar-refractivity contribution in [2.24, 2.45) is 0 Å². The first kappa shape index (κ1) is 20.4. The summed E-state index contributed by atoms with van der Waals surface area (Å²) in [4.78, 5) is 27.3. The number of halogens is 1. The summed E-state index contributed by atoms with van der Waals surface area (Å²) in [6, 6.07) is 6.60. The number of fused-ring (bicyclic) bond motifs is 2. The van der Waals surface area contributed by atoms with Crippen molar-refractivity contribution in [3.63, 3.8) is 0 Å². The highest BCUT2D eigenvalue weighted by Crippen LogP contribution is 2.45. The van der Waals surface area contributed by atoms with Gasteiger partial charge in [-0.15, -0.1) is 0 Å². The lowest BCUT2D eigenvalue weighted by Gasteiger charge is -2.43. The quantitative estimate of drug-likeness (QED) is 0.503. The van der Waals surface area contributed by atoms with Crippen LogP contribution in [0.5, 0.6) is 0 Å². The highest BCUT2D eigenvalue weighted by molar-refractivity contribution is 6.06. The normalized spacial score (nSPS) is 17.8. The molecule has 2 aliphatic heterocycles. The number of anilines is 3. The lowest BCUT2D eigenvalue weighted by molar-refractivity contribution is 0.0895. The van der Waals surface area contributed by atoms with Gasteiger partial charge in [0.05, 0.1) is 22.6 Å². The molecular formula is C23H26FN7O. The fraction of sp³-hybridized carbons (Fsp3) is 0.348. The molecule has 0 aliphatic carbocycles. The third kappa shape index (κ3) is 3.29. The smallest absolute Gasteiger partial charge is 0.255 e. The van der Waals surface area contributed by atoms with Crippen LogP contribution in [0.25, 0.3) is 11.4 Å². The number of aromatic nitrogens is 3. The van der Waals surface area contributed by atoms with Crippen LogP contribution in [0, 0.1) is 12.7 Å². The van der Waals surface area contributed by atoms with Crippen LogP contribution >= 0.6 is 0 Å². The third-order valence-electron chi connectivity index (χ3n) is 6.75. The lowest BCUT2D eigenvalue weighted by atomic mass is 9.72. The van der Waals surface area contributed by atoms with Crippen molar-refractivity contribution < 1.29 is 9.18 Å². The molecule has 1 fully saturated rings. The second kappa shape index (κ2) is 7.59. The van der Waals surface area contributed by atoms with Crippen molar-refractivity contribution in [3.8, 4) is 11.4 Å². The Bertz CT molecular complexity index is 1200. The zero-order valence-corrected chi connectivity index (χ0v) is 18.1. The fourth-order valence-electron chi connectivity index (χ4n) is 4.73. The number of H-pyrrole nitrogens is 1. The summed E-state index contributed by atoms with van der Waals surface area (Å²) >= 11 is 0. The molecule has 0 unspecified atom stereocenters. The van der Waals surface area contributed by atoms with E-state index in [1.54, 1.807) is 31.3 Å². The lowest BCUT2D eigenvalue weighted by Crippen LogP contribution is -2.52. The highest BCUT2D eigenvalue weighted by Gasteiger charge is 2.45. The third-order valence-corrected chi connectivity index (χ3v) is 6.75. The molecule has 9 heteroatoms. The van der Waals surface area contributed by atoms with E-state index in [4.69, 9.17) is 5.73 Å². The molecule has 5 rings (SSSR count). The van der Waals surface area contributed by atoms with Gasteiger partial charge in [0.1, 0.15) is 5.82 Å². The monoisotopic (exact) mass is 435 g/mol. The Morgan fingerprint density at radius 2 is 2.03 bits per heavy atom. The van der Waals surface area contributed by atoms with Crippen molar-refractivity contribution in [2.45, 2.75) is 25.2 Å². The fourth-order valence-corrected chi connectivity index (χ4v) is 4.73. The average molecular weight is 436 g/mol. The molecule has 2 aliphatic rings. The Morgan fingerprint density at radius 1 is 1.25 bits per heavy atom. The summed E-state index contributed by atoms with van der Waals surface area (Å²) in [6.07, 6.45) is 3.42. The Labute approximate surface area is 185 Å². The predicted molar refractivity (Wildman–Crippen MR) is 121 cm³/mol. The van der Waals surface area contributed by atoms with Crippen LogP contribution in [0.2, 0.25) is 0 Å². The number of carbonyl (C=O) groups excluding carboxylic acids is 1. The van der Waals surface area contributed by atoms with E-state index in [0.29, 0.717) is 40.4 Å². The van der Waals surface area contributed by atoms with Crippen LogP contribution in [-0.4, -0.2) is 52.4 Å². The van der Waals surface area contributed by atoms with E-state index in [2.05, 4.69) is 37.5 Å². The van der Waals surface area contributed by atoms with E-state index >= 15 is 0 Å². The number of benzene rings is 1. The first-order valence-corrected chi connectivity index (χ1v) is 10.7. The van der Waals surface area contributed by atoms with Crippen molar-refractivity contribution in [1.29, 1.82) is 0 Å². The molecule has 1 aromatic carbocycles. The Kier molecular flexibility index (Phi) is 4.85. The molecule has 1 amide bonds. The summed E-state index contributed by atoms with van der Waals surface area (Å²) in [6.45, 7) is 4.17. The van der Waals surface area contributed by atoms with E-state index in [0.717, 1.165) is 31.6 Å². The molecule has 1 spiro atoms. The number of nitrogen functional groups attached to an aromatic ring is 1. The number of rotatable bonds is 3. The van der Waals surface area contributed by atoms with E-state index in [-0.39, 0.29) is 23.1 Å². The number of nitrogens with two attached hydrogens (primary N) is 1. The number of aromatic amines is 1. The van der Waals surface area contributed by atoms with Gasteiger partial charge < -0.3 is 26.3 Å². The van der Waals surface area contributed by atoms with Crippen LogP contribution in [0.4, 0.5) is 21.7 Å². The number of nitrogens with one attached hydrogen (secondary N) is 3. The molecule has 0 atom stereocenters. The summed E-state index contributed by atoms with van der Waals surface area (Å²) < 4.78 is 14.3. The number of nitrogens with zero attached hydrogens (tertiary/aromatic N) is 3. The second-order valence-electron chi connectivity index (χ2n) is 8.73. The molecule has 0 saturated carbocycles. The molecule has 5 N–H and O–H groups in total. The molecule has 32 heavy (non-hydrogen) atoms. The van der Waals surface area contributed by atoms with Gasteiger partial charge >= 0.3 is 0 Å². The maximum atomic E-state index is 14.3. The van der Waals surface area contributed by atoms with Crippen molar-refractivity contribution >= 4 is 23.2 Å². The molecule has 0 radical (unpaired) electrons. The maximum Gasteiger partial charge on any atom is 0.255 e. The number of hydrogen-bond donors (Lipinski definition) is 4. The minimum atomic E-state index is -0.316. The molecule has 166 valence electrons. The number of hydrogen-bond acceptors (Lipinski definition) is 6. The van der Waals surface area contributed by atoms with Crippen molar-refractivity contribution in [2.75, 3.05) is 37.7 Å². The van der Waals surface area contributed by atoms with Crippen LogP contribution in [-0.2, 0) is 5.41 Å². The standard InChI is InChI=1S/C23H26FN7O/c1-13-14(24)4-3-5-15(13)28-19-17-20(30-18(19)16-6-9-26-22(25)29-16)23(12-27-21(17)32)7-10-31(2)11-8-23/h3-6,9,28,30H,7-8,10-12H2,1-2H3,(H,27,32)(H2,25,26,29). The summed E-state index contributed by atoms with van der Waals surface area (Å²) in [5, 5.41) is 6.42. The van der Waals surface area contributed by atoms with E-state index in [1.807, 2.05) is 0 Å². The number of carbonyl (C=O) groups is 1. The SMILES string of the molecule is Cc1c(F)cccc1Nc1c(-c2ccnc(N)n2)[nH]c2c1C(=O)NCC21CCN(C)CC1. The van der Waals surface area contributed by atoms with Gasteiger partial charge in [0.2, 0.25) is 5.95 Å².